The number of hydrogen-bond acceptors (Lipinski definition) is 3. The highest BCUT2D eigenvalue weighted by Crippen LogP contribution is 2.35. The van der Waals surface area contributed by atoms with Crippen LogP contribution < -0.4 is 4.74 Å². The normalized spacial score (nSPS) is 17.0. The molecule has 0 fully saturated rings. The zero-order chi connectivity index (χ0) is 14.7. The fourth-order valence-electron chi connectivity index (χ4n) is 2.78. The van der Waals surface area contributed by atoms with Crippen LogP contribution in [0.5, 0.6) is 5.75 Å². The van der Waals surface area contributed by atoms with Crippen LogP contribution >= 0.6 is 0 Å². The molecule has 3 heteroatoms. The quantitative estimate of drug-likeness (QED) is 0.511. The average molecular weight is 281 g/mol. The van der Waals surface area contributed by atoms with Gasteiger partial charge in [0.15, 0.2) is 0 Å². The van der Waals surface area contributed by atoms with Gasteiger partial charge in [0, 0.05) is 5.92 Å². The Morgan fingerprint density at radius 2 is 1.95 bits per heavy atom. The van der Waals surface area contributed by atoms with Crippen LogP contribution in [0.4, 0.5) is 0 Å². The van der Waals surface area contributed by atoms with E-state index in [0.29, 0.717) is 24.7 Å². The van der Waals surface area contributed by atoms with Gasteiger partial charge in [-0.2, -0.15) is 0 Å². The highest BCUT2D eigenvalue weighted by molar-refractivity contribution is 6.00. The molecule has 1 N–H and O–H groups in total. The summed E-state index contributed by atoms with van der Waals surface area (Å²) in [6, 6.07) is 16.3. The fourth-order valence-corrected chi connectivity index (χ4v) is 2.78. The Morgan fingerprint density at radius 3 is 2.62 bits per heavy atom. The summed E-state index contributed by atoms with van der Waals surface area (Å²) in [5.41, 5.74) is 4.47. The Kier molecular flexibility index (Phi) is 3.91. The molecule has 0 aromatic heterocycles. The monoisotopic (exact) mass is 281 g/mol. The molecule has 0 spiro atoms. The Hall–Kier alpha value is -2.29. The van der Waals surface area contributed by atoms with Gasteiger partial charge >= 0.3 is 0 Å². The van der Waals surface area contributed by atoms with Gasteiger partial charge in [-0.25, -0.2) is 0 Å². The molecule has 0 bridgehead atoms. The number of fused-ring (bicyclic) bond motifs is 1. The second-order valence-electron chi connectivity index (χ2n) is 5.34. The van der Waals surface area contributed by atoms with Crippen molar-refractivity contribution in [3.8, 4) is 5.75 Å². The molecule has 0 aliphatic heterocycles. The van der Waals surface area contributed by atoms with Crippen molar-refractivity contribution in [2.45, 2.75) is 25.7 Å². The van der Waals surface area contributed by atoms with Gasteiger partial charge in [0.25, 0.3) is 0 Å². The van der Waals surface area contributed by atoms with Gasteiger partial charge < -0.3 is 9.94 Å². The third-order valence-electron chi connectivity index (χ3n) is 4.06. The molecule has 3 rings (SSSR count). The van der Waals surface area contributed by atoms with Crippen LogP contribution in [0.25, 0.3) is 0 Å². The lowest BCUT2D eigenvalue weighted by atomic mass is 9.78. The second-order valence-corrected chi connectivity index (χ2v) is 5.34. The average Bonchev–Trinajstić information content (AvgIpc) is 2.51. The van der Waals surface area contributed by atoms with Crippen molar-refractivity contribution in [1.82, 2.24) is 0 Å². The van der Waals surface area contributed by atoms with Crippen LogP contribution in [-0.4, -0.2) is 17.5 Å². The lowest BCUT2D eigenvalue weighted by molar-refractivity contribution is 0.275. The van der Waals surface area contributed by atoms with E-state index in [2.05, 4.69) is 29.4 Å². The topological polar surface area (TPSA) is 41.8 Å². The van der Waals surface area contributed by atoms with E-state index in [9.17, 15) is 0 Å². The minimum absolute atomic E-state index is 0.506. The Morgan fingerprint density at radius 1 is 1.19 bits per heavy atom. The van der Waals surface area contributed by atoms with Crippen molar-refractivity contribution in [1.29, 1.82) is 0 Å². The Balaban J connectivity index is 1.60. The van der Waals surface area contributed by atoms with Crippen LogP contribution in [0, 0.1) is 0 Å². The summed E-state index contributed by atoms with van der Waals surface area (Å²) in [6.45, 7) is 2.68. The van der Waals surface area contributed by atoms with Gasteiger partial charge in [-0.3, -0.25) is 0 Å². The van der Waals surface area contributed by atoms with E-state index in [4.69, 9.17) is 9.94 Å². The summed E-state index contributed by atoms with van der Waals surface area (Å²) in [5, 5.41) is 12.2. The number of hydrogen-bond donors (Lipinski definition) is 1. The molecule has 0 amide bonds. The van der Waals surface area contributed by atoms with E-state index in [1.165, 1.54) is 11.1 Å². The molecule has 2 aromatic carbocycles. The highest BCUT2D eigenvalue weighted by atomic mass is 16.5. The van der Waals surface area contributed by atoms with E-state index in [1.54, 1.807) is 0 Å². The molecule has 0 heterocycles. The smallest absolute Gasteiger partial charge is 0.119 e. The summed E-state index contributed by atoms with van der Waals surface area (Å²) in [5.74, 6) is 1.36. The molecular formula is C18H19NO2. The van der Waals surface area contributed by atoms with Gasteiger partial charge in [-0.05, 0) is 53.8 Å². The maximum atomic E-state index is 8.91. The summed E-state index contributed by atoms with van der Waals surface area (Å²) < 4.78 is 5.87. The van der Waals surface area contributed by atoms with E-state index in [0.717, 1.165) is 17.7 Å². The predicted molar refractivity (Wildman–Crippen MR) is 83.4 cm³/mol. The lowest BCUT2D eigenvalue weighted by Gasteiger charge is -2.29. The molecule has 1 atom stereocenters. The second kappa shape index (κ2) is 6.00. The SMILES string of the molecule is CCC(=NO)c1ccc(OCC2Cc3ccccc32)cc1. The number of benzene rings is 2. The first-order chi connectivity index (χ1) is 10.3. The van der Waals surface area contributed by atoms with E-state index in [1.807, 2.05) is 31.2 Å². The van der Waals surface area contributed by atoms with Crippen LogP contribution in [-0.2, 0) is 6.42 Å². The lowest BCUT2D eigenvalue weighted by Crippen LogP contribution is -2.23. The zero-order valence-corrected chi connectivity index (χ0v) is 12.1. The predicted octanol–water partition coefficient (Wildman–Crippen LogP) is 3.99. The fraction of sp³-hybridized carbons (Fsp3) is 0.278. The summed E-state index contributed by atoms with van der Waals surface area (Å²) in [6.07, 6.45) is 1.81. The van der Waals surface area contributed by atoms with Crippen molar-refractivity contribution < 1.29 is 9.94 Å². The standard InChI is InChI=1S/C18H19NO2/c1-2-18(19-20)13-7-9-16(10-8-13)21-12-15-11-14-5-3-4-6-17(14)15/h3-10,15,20H,2,11-12H2,1H3. The Bertz CT molecular complexity index is 647. The van der Waals surface area contributed by atoms with Crippen molar-refractivity contribution in [3.05, 3.63) is 65.2 Å². The number of oxime groups is 1. The number of nitrogens with zero attached hydrogens (tertiary/aromatic N) is 1. The summed E-state index contributed by atoms with van der Waals surface area (Å²) >= 11 is 0. The third kappa shape index (κ3) is 2.77. The maximum absolute atomic E-state index is 8.91. The summed E-state index contributed by atoms with van der Waals surface area (Å²) in [7, 11) is 0. The molecule has 21 heavy (non-hydrogen) atoms. The largest absolute Gasteiger partial charge is 0.493 e. The van der Waals surface area contributed by atoms with Crippen molar-refractivity contribution in [3.63, 3.8) is 0 Å². The van der Waals surface area contributed by atoms with Crippen LogP contribution in [0.3, 0.4) is 0 Å². The molecule has 108 valence electrons. The first kappa shape index (κ1) is 13.7. The molecule has 1 aliphatic carbocycles. The highest BCUT2D eigenvalue weighted by Gasteiger charge is 2.25. The Labute approximate surface area is 124 Å². The minimum atomic E-state index is 0.506. The van der Waals surface area contributed by atoms with E-state index >= 15 is 0 Å². The molecule has 0 saturated carbocycles. The molecule has 3 nitrogen and oxygen atoms in total. The van der Waals surface area contributed by atoms with E-state index < -0.39 is 0 Å². The third-order valence-corrected chi connectivity index (χ3v) is 4.06. The van der Waals surface area contributed by atoms with Crippen molar-refractivity contribution in [2.24, 2.45) is 5.16 Å². The molecule has 0 radical (unpaired) electrons. The van der Waals surface area contributed by atoms with Crippen molar-refractivity contribution >= 4 is 5.71 Å². The van der Waals surface area contributed by atoms with Gasteiger partial charge in [-0.15, -0.1) is 0 Å². The van der Waals surface area contributed by atoms with Gasteiger partial charge in [-0.1, -0.05) is 36.3 Å². The van der Waals surface area contributed by atoms with Crippen LogP contribution in [0.2, 0.25) is 0 Å². The summed E-state index contributed by atoms with van der Waals surface area (Å²) in [4.78, 5) is 0. The zero-order valence-electron chi connectivity index (χ0n) is 12.1. The first-order valence-corrected chi connectivity index (χ1v) is 7.33. The van der Waals surface area contributed by atoms with Gasteiger partial charge in [0.05, 0.1) is 12.3 Å². The number of rotatable bonds is 5. The molecule has 1 aliphatic rings. The van der Waals surface area contributed by atoms with E-state index in [-0.39, 0.29) is 0 Å². The maximum Gasteiger partial charge on any atom is 0.119 e. The van der Waals surface area contributed by atoms with Crippen LogP contribution in [0.1, 0.15) is 36.0 Å². The number of ether oxygens (including phenoxy) is 1. The van der Waals surface area contributed by atoms with Crippen LogP contribution in [0.15, 0.2) is 53.7 Å². The van der Waals surface area contributed by atoms with Gasteiger partial charge in [0.2, 0.25) is 0 Å². The molecule has 0 saturated heterocycles. The first-order valence-electron chi connectivity index (χ1n) is 7.33. The van der Waals surface area contributed by atoms with Crippen molar-refractivity contribution in [2.75, 3.05) is 6.61 Å². The minimum Gasteiger partial charge on any atom is -0.493 e. The molecule has 2 aromatic rings. The molecular weight excluding hydrogens is 262 g/mol. The molecule has 1 unspecified atom stereocenters. The van der Waals surface area contributed by atoms with Gasteiger partial charge in [0.1, 0.15) is 5.75 Å².